The number of carbonyl (C=O) groups excluding carboxylic acids is 1. The minimum absolute atomic E-state index is 0.0869. The molecule has 1 heterocycles. The van der Waals surface area contributed by atoms with Crippen molar-refractivity contribution >= 4 is 33.0 Å². The minimum Gasteiger partial charge on any atom is -0.326 e. The van der Waals surface area contributed by atoms with E-state index in [1.165, 1.54) is 4.88 Å². The number of carbonyl (C=O) groups is 1. The molecule has 26 heavy (non-hydrogen) atoms. The molecule has 0 saturated heterocycles. The fourth-order valence-corrected chi connectivity index (χ4v) is 5.05. The van der Waals surface area contributed by atoms with Crippen LogP contribution in [0.25, 0.3) is 0 Å². The monoisotopic (exact) mass is 392 g/mol. The molecule has 0 unspecified atom stereocenters. The maximum atomic E-state index is 13.1. The fraction of sp³-hybridized carbons (Fsp3) is 0.421. The third kappa shape index (κ3) is 4.52. The third-order valence-electron chi connectivity index (χ3n) is 4.37. The summed E-state index contributed by atoms with van der Waals surface area (Å²) in [7, 11) is -3.53. The van der Waals surface area contributed by atoms with Crippen LogP contribution in [0.2, 0.25) is 0 Å². The first-order chi connectivity index (χ1) is 12.4. The molecule has 1 N–H and O–H groups in total. The molecule has 1 aliphatic carbocycles. The number of thiophene rings is 1. The summed E-state index contributed by atoms with van der Waals surface area (Å²) in [4.78, 5) is 13.2. The first-order valence-corrected chi connectivity index (χ1v) is 11.1. The van der Waals surface area contributed by atoms with Crippen molar-refractivity contribution in [3.05, 3.63) is 46.7 Å². The second-order valence-electron chi connectivity index (χ2n) is 6.84. The van der Waals surface area contributed by atoms with E-state index in [1.807, 2.05) is 31.4 Å². The van der Waals surface area contributed by atoms with Gasteiger partial charge in [-0.05, 0) is 55.0 Å². The van der Waals surface area contributed by atoms with E-state index < -0.39 is 10.0 Å². The average Bonchev–Trinajstić information content (AvgIpc) is 3.29. The molecule has 1 saturated carbocycles. The molecule has 0 aliphatic heterocycles. The molecule has 1 aliphatic rings. The van der Waals surface area contributed by atoms with Gasteiger partial charge in [0.2, 0.25) is 15.9 Å². The number of nitrogens with zero attached hydrogens (tertiary/aromatic N) is 1. The van der Waals surface area contributed by atoms with E-state index in [1.54, 1.807) is 39.9 Å². The van der Waals surface area contributed by atoms with Gasteiger partial charge in [-0.1, -0.05) is 19.9 Å². The number of hydrogen-bond acceptors (Lipinski definition) is 4. The van der Waals surface area contributed by atoms with Gasteiger partial charge in [0, 0.05) is 29.1 Å². The van der Waals surface area contributed by atoms with E-state index in [9.17, 15) is 13.2 Å². The van der Waals surface area contributed by atoms with Gasteiger partial charge in [-0.25, -0.2) is 8.42 Å². The number of amides is 1. The Kier molecular flexibility index (Phi) is 5.79. The van der Waals surface area contributed by atoms with Crippen LogP contribution in [-0.4, -0.2) is 31.2 Å². The van der Waals surface area contributed by atoms with Gasteiger partial charge in [0.25, 0.3) is 0 Å². The number of rotatable bonds is 8. The zero-order valence-electron chi connectivity index (χ0n) is 15.0. The smallest absolute Gasteiger partial charge is 0.243 e. The lowest BCUT2D eigenvalue weighted by Crippen LogP contribution is -2.34. The number of nitrogens with one attached hydrogen (secondary N) is 1. The van der Waals surface area contributed by atoms with Crippen LogP contribution in [0.5, 0.6) is 0 Å². The third-order valence-corrected chi connectivity index (χ3v) is 7.27. The highest BCUT2D eigenvalue weighted by molar-refractivity contribution is 7.89. The van der Waals surface area contributed by atoms with Crippen molar-refractivity contribution in [3.63, 3.8) is 0 Å². The van der Waals surface area contributed by atoms with Crippen LogP contribution < -0.4 is 5.32 Å². The van der Waals surface area contributed by atoms with E-state index >= 15 is 0 Å². The Morgan fingerprint density at radius 3 is 2.46 bits per heavy atom. The SMILES string of the molecule is CC(C)C(=O)Nc1ccc(S(=O)(=O)N(CCc2cccs2)C2CC2)cc1. The van der Waals surface area contributed by atoms with Crippen molar-refractivity contribution in [2.75, 3.05) is 11.9 Å². The van der Waals surface area contributed by atoms with Gasteiger partial charge in [0.1, 0.15) is 0 Å². The summed E-state index contributed by atoms with van der Waals surface area (Å²) in [6, 6.07) is 10.6. The Balaban J connectivity index is 1.73. The van der Waals surface area contributed by atoms with E-state index in [-0.39, 0.29) is 22.8 Å². The molecule has 1 amide bonds. The van der Waals surface area contributed by atoms with Crippen molar-refractivity contribution in [2.45, 2.75) is 44.0 Å². The molecule has 5 nitrogen and oxygen atoms in total. The van der Waals surface area contributed by atoms with Gasteiger partial charge in [-0.3, -0.25) is 4.79 Å². The molecular formula is C19H24N2O3S2. The summed E-state index contributed by atoms with van der Waals surface area (Å²) >= 11 is 1.65. The van der Waals surface area contributed by atoms with Crippen LogP contribution in [0, 0.1) is 5.92 Å². The number of hydrogen-bond donors (Lipinski definition) is 1. The van der Waals surface area contributed by atoms with Crippen molar-refractivity contribution in [1.29, 1.82) is 0 Å². The van der Waals surface area contributed by atoms with Gasteiger partial charge >= 0.3 is 0 Å². The van der Waals surface area contributed by atoms with E-state index in [4.69, 9.17) is 0 Å². The Bertz CT molecular complexity index is 839. The number of benzene rings is 1. The maximum absolute atomic E-state index is 13.1. The Hall–Kier alpha value is -1.70. The van der Waals surface area contributed by atoms with Crippen LogP contribution >= 0.6 is 11.3 Å². The Labute approximate surface area is 159 Å². The standard InChI is InChI=1S/C19H24N2O3S2/c1-14(2)19(22)20-15-5-9-18(10-6-15)26(23,24)21(16-7-8-16)12-11-17-4-3-13-25-17/h3-6,9-10,13-14,16H,7-8,11-12H2,1-2H3,(H,20,22). The fourth-order valence-electron chi connectivity index (χ4n) is 2.67. The van der Waals surface area contributed by atoms with Crippen molar-refractivity contribution in [3.8, 4) is 0 Å². The second kappa shape index (κ2) is 7.90. The van der Waals surface area contributed by atoms with Gasteiger partial charge in [0.05, 0.1) is 4.90 Å². The van der Waals surface area contributed by atoms with Gasteiger partial charge in [-0.2, -0.15) is 4.31 Å². The Morgan fingerprint density at radius 2 is 1.92 bits per heavy atom. The molecule has 0 atom stereocenters. The molecule has 140 valence electrons. The van der Waals surface area contributed by atoms with E-state index in [0.717, 1.165) is 19.3 Å². The molecule has 2 aromatic rings. The molecular weight excluding hydrogens is 368 g/mol. The molecule has 1 fully saturated rings. The first kappa shape index (κ1) is 19.1. The summed E-state index contributed by atoms with van der Waals surface area (Å²) in [5.74, 6) is -0.211. The predicted molar refractivity (Wildman–Crippen MR) is 105 cm³/mol. The molecule has 7 heteroatoms. The first-order valence-electron chi connectivity index (χ1n) is 8.83. The lowest BCUT2D eigenvalue weighted by Gasteiger charge is -2.22. The van der Waals surface area contributed by atoms with E-state index in [0.29, 0.717) is 12.2 Å². The molecule has 3 rings (SSSR count). The molecule has 1 aromatic carbocycles. The summed E-state index contributed by atoms with van der Waals surface area (Å²) in [6.45, 7) is 4.13. The summed E-state index contributed by atoms with van der Waals surface area (Å²) < 4.78 is 27.7. The van der Waals surface area contributed by atoms with Crippen LogP contribution in [0.1, 0.15) is 31.6 Å². The topological polar surface area (TPSA) is 66.5 Å². The summed E-state index contributed by atoms with van der Waals surface area (Å²) in [6.07, 6.45) is 2.58. The van der Waals surface area contributed by atoms with E-state index in [2.05, 4.69) is 5.32 Å². The summed E-state index contributed by atoms with van der Waals surface area (Å²) in [5.41, 5.74) is 0.610. The lowest BCUT2D eigenvalue weighted by atomic mass is 10.2. The number of sulfonamides is 1. The van der Waals surface area contributed by atoms with Crippen LogP contribution in [-0.2, 0) is 21.2 Å². The maximum Gasteiger partial charge on any atom is 0.243 e. The predicted octanol–water partition coefficient (Wildman–Crippen LogP) is 3.74. The lowest BCUT2D eigenvalue weighted by molar-refractivity contribution is -0.118. The quantitative estimate of drug-likeness (QED) is 0.744. The molecule has 0 radical (unpaired) electrons. The van der Waals surface area contributed by atoms with Crippen molar-refractivity contribution < 1.29 is 13.2 Å². The average molecular weight is 393 g/mol. The highest BCUT2D eigenvalue weighted by Gasteiger charge is 2.37. The Morgan fingerprint density at radius 1 is 1.23 bits per heavy atom. The summed E-state index contributed by atoms with van der Waals surface area (Å²) in [5, 5.41) is 4.79. The molecule has 1 aromatic heterocycles. The van der Waals surface area contributed by atoms with Gasteiger partial charge in [0.15, 0.2) is 0 Å². The highest BCUT2D eigenvalue weighted by Crippen LogP contribution is 2.32. The van der Waals surface area contributed by atoms with Crippen molar-refractivity contribution in [2.24, 2.45) is 5.92 Å². The zero-order valence-corrected chi connectivity index (χ0v) is 16.6. The molecule has 0 spiro atoms. The normalized spacial score (nSPS) is 14.8. The van der Waals surface area contributed by atoms with Crippen LogP contribution in [0.4, 0.5) is 5.69 Å². The largest absolute Gasteiger partial charge is 0.326 e. The number of anilines is 1. The van der Waals surface area contributed by atoms with Crippen LogP contribution in [0.15, 0.2) is 46.7 Å². The van der Waals surface area contributed by atoms with Gasteiger partial charge in [-0.15, -0.1) is 11.3 Å². The molecule has 0 bridgehead atoms. The van der Waals surface area contributed by atoms with Crippen LogP contribution in [0.3, 0.4) is 0 Å². The highest BCUT2D eigenvalue weighted by atomic mass is 32.2. The van der Waals surface area contributed by atoms with Crippen molar-refractivity contribution in [1.82, 2.24) is 4.31 Å². The minimum atomic E-state index is -3.53. The second-order valence-corrected chi connectivity index (χ2v) is 9.77. The zero-order chi connectivity index (χ0) is 18.7. The van der Waals surface area contributed by atoms with Gasteiger partial charge < -0.3 is 5.32 Å².